The number of aliphatic hydroxyl groups is 1. The third kappa shape index (κ3) is 7.82. The number of nitrogens with zero attached hydrogens (tertiary/aromatic N) is 1. The maximum absolute atomic E-state index is 10.8. The zero-order chi connectivity index (χ0) is 15.8. The van der Waals surface area contributed by atoms with Crippen molar-refractivity contribution < 1.29 is 22.6 Å². The number of benzene rings is 1. The number of nitro groups is 1. The highest BCUT2D eigenvalue weighted by Gasteiger charge is 2.24. The molecule has 1 rings (SSSR count). The van der Waals surface area contributed by atoms with E-state index in [2.05, 4.69) is 4.18 Å². The first-order valence-electron chi connectivity index (χ1n) is 5.86. The molecule has 0 saturated heterocycles. The number of rotatable bonds is 5. The Bertz CT molecular complexity index is 511. The third-order valence-electron chi connectivity index (χ3n) is 2.16. The van der Waals surface area contributed by atoms with Gasteiger partial charge >= 0.3 is 0 Å². The van der Waals surface area contributed by atoms with Crippen molar-refractivity contribution in [1.82, 2.24) is 0 Å². The second-order valence-electron chi connectivity index (χ2n) is 4.02. The van der Waals surface area contributed by atoms with Gasteiger partial charge in [-0.25, -0.2) is 0 Å². The van der Waals surface area contributed by atoms with E-state index in [9.17, 15) is 18.5 Å². The van der Waals surface area contributed by atoms with Gasteiger partial charge in [0, 0.05) is 17.1 Å². The minimum atomic E-state index is -3.67. The fourth-order valence-corrected chi connectivity index (χ4v) is 1.63. The topological polar surface area (TPSA) is 107 Å². The van der Waals surface area contributed by atoms with Crippen molar-refractivity contribution in [3.8, 4) is 0 Å². The lowest BCUT2D eigenvalue weighted by atomic mass is 10.1. The minimum absolute atomic E-state index is 0.250. The summed E-state index contributed by atoms with van der Waals surface area (Å²) in [5.74, 6) is 0. The lowest BCUT2D eigenvalue weighted by molar-refractivity contribution is -0.531. The van der Waals surface area contributed by atoms with E-state index in [1.807, 2.05) is 6.92 Å². The molecule has 7 nitrogen and oxygen atoms in total. The van der Waals surface area contributed by atoms with Gasteiger partial charge in [-0.1, -0.05) is 29.8 Å². The van der Waals surface area contributed by atoms with Crippen LogP contribution in [0.2, 0.25) is 0 Å². The predicted octanol–water partition coefficient (Wildman–Crippen LogP) is 1.29. The molecular formula is C12H19NO6S. The van der Waals surface area contributed by atoms with Crippen molar-refractivity contribution in [3.63, 3.8) is 0 Å². The van der Waals surface area contributed by atoms with E-state index in [-0.39, 0.29) is 6.61 Å². The van der Waals surface area contributed by atoms with E-state index in [1.165, 1.54) is 0 Å². The molecule has 0 bridgehead atoms. The van der Waals surface area contributed by atoms with Crippen molar-refractivity contribution in [1.29, 1.82) is 0 Å². The van der Waals surface area contributed by atoms with E-state index in [0.29, 0.717) is 5.56 Å². The molecule has 20 heavy (non-hydrogen) atoms. The van der Waals surface area contributed by atoms with Crippen LogP contribution >= 0.6 is 0 Å². The van der Waals surface area contributed by atoms with Gasteiger partial charge in [-0.05, 0) is 13.8 Å². The second-order valence-corrected chi connectivity index (χ2v) is 5.66. The molecule has 0 spiro atoms. The molecule has 1 atom stereocenters. The summed E-state index contributed by atoms with van der Waals surface area (Å²) in [4.78, 5) is 10.3. The quantitative estimate of drug-likeness (QED) is 0.499. The van der Waals surface area contributed by atoms with E-state index in [0.717, 1.165) is 11.8 Å². The van der Waals surface area contributed by atoms with Crippen LogP contribution in [0.1, 0.15) is 24.1 Å². The number of aryl methyl sites for hydroxylation is 1. The summed E-state index contributed by atoms with van der Waals surface area (Å²) in [5, 5.41) is 18.4. The van der Waals surface area contributed by atoms with Crippen LogP contribution in [0.15, 0.2) is 24.3 Å². The van der Waals surface area contributed by atoms with E-state index >= 15 is 0 Å². The maximum Gasteiger partial charge on any atom is 0.264 e. The maximum atomic E-state index is 10.8. The molecule has 0 aliphatic carbocycles. The molecule has 8 heteroatoms. The lowest BCUT2D eigenvalue weighted by Gasteiger charge is -2.09. The van der Waals surface area contributed by atoms with E-state index in [1.54, 1.807) is 31.2 Å². The summed E-state index contributed by atoms with van der Waals surface area (Å²) in [6, 6.07) is 5.46. The van der Waals surface area contributed by atoms with Crippen LogP contribution < -0.4 is 0 Å². The molecule has 1 N–H and O–H groups in total. The van der Waals surface area contributed by atoms with Crippen molar-refractivity contribution in [2.45, 2.75) is 19.9 Å². The highest BCUT2D eigenvalue weighted by Crippen LogP contribution is 2.18. The molecule has 0 aliphatic rings. The smallest absolute Gasteiger partial charge is 0.264 e. The molecular weight excluding hydrogens is 286 g/mol. The van der Waals surface area contributed by atoms with Gasteiger partial charge in [0.05, 0.1) is 6.26 Å². The molecule has 1 aromatic carbocycles. The molecule has 0 heterocycles. The number of hydrogen-bond acceptors (Lipinski definition) is 6. The highest BCUT2D eigenvalue weighted by molar-refractivity contribution is 7.85. The van der Waals surface area contributed by atoms with Crippen LogP contribution in [0.4, 0.5) is 0 Å². The first kappa shape index (κ1) is 18.5. The standard InChI is InChI=1S/C10H13NO5S.C2H6O/c1-8-3-5-9(6-4-8)10(11(12)13)7-16-17(2,14)15;1-2-3/h3-6,10H,7H2,1-2H3;3H,2H2,1H3. The molecule has 0 amide bonds. The summed E-state index contributed by atoms with van der Waals surface area (Å²) >= 11 is 0. The Kier molecular flexibility index (Phi) is 7.97. The Labute approximate surface area is 118 Å². The fourth-order valence-electron chi connectivity index (χ4n) is 1.26. The van der Waals surface area contributed by atoms with Gasteiger partial charge in [-0.15, -0.1) is 0 Å². The van der Waals surface area contributed by atoms with Gasteiger partial charge in [0.25, 0.3) is 16.2 Å². The summed E-state index contributed by atoms with van der Waals surface area (Å²) in [6.07, 6.45) is 0.860. The fraction of sp³-hybridized carbons (Fsp3) is 0.500. The second kappa shape index (κ2) is 8.62. The Morgan fingerprint density at radius 3 is 2.15 bits per heavy atom. The van der Waals surface area contributed by atoms with Crippen LogP contribution in [-0.2, 0) is 14.3 Å². The van der Waals surface area contributed by atoms with Crippen LogP contribution in [0.5, 0.6) is 0 Å². The largest absolute Gasteiger partial charge is 0.397 e. The first-order valence-corrected chi connectivity index (χ1v) is 7.68. The zero-order valence-electron chi connectivity index (χ0n) is 11.6. The van der Waals surface area contributed by atoms with Crippen LogP contribution in [-0.4, -0.2) is 37.9 Å². The zero-order valence-corrected chi connectivity index (χ0v) is 12.5. The van der Waals surface area contributed by atoms with Gasteiger partial charge in [0.2, 0.25) is 0 Å². The average molecular weight is 305 g/mol. The van der Waals surface area contributed by atoms with Gasteiger partial charge in [-0.2, -0.15) is 8.42 Å². The average Bonchev–Trinajstić information content (AvgIpc) is 2.31. The Morgan fingerprint density at radius 2 is 1.80 bits per heavy atom. The molecule has 0 radical (unpaired) electrons. The monoisotopic (exact) mass is 305 g/mol. The first-order chi connectivity index (χ1) is 9.21. The summed E-state index contributed by atoms with van der Waals surface area (Å²) in [6.45, 7) is 3.30. The molecule has 0 saturated carbocycles. The van der Waals surface area contributed by atoms with Gasteiger partial charge < -0.3 is 5.11 Å². The Hall–Kier alpha value is -1.51. The molecule has 114 valence electrons. The molecule has 0 fully saturated rings. The van der Waals surface area contributed by atoms with Crippen LogP contribution in [0, 0.1) is 17.0 Å². The summed E-state index contributed by atoms with van der Waals surface area (Å²) < 4.78 is 26.1. The molecule has 1 unspecified atom stereocenters. The third-order valence-corrected chi connectivity index (χ3v) is 2.72. The molecule has 1 aromatic rings. The summed E-state index contributed by atoms with van der Waals surface area (Å²) in [7, 11) is -3.67. The van der Waals surface area contributed by atoms with Crippen molar-refractivity contribution >= 4 is 10.1 Å². The lowest BCUT2D eigenvalue weighted by Crippen LogP contribution is -2.19. The normalized spacial score (nSPS) is 12.2. The summed E-state index contributed by atoms with van der Waals surface area (Å²) in [5.41, 5.74) is 1.39. The minimum Gasteiger partial charge on any atom is -0.397 e. The molecule has 0 aliphatic heterocycles. The van der Waals surface area contributed by atoms with Crippen LogP contribution in [0.3, 0.4) is 0 Å². The Morgan fingerprint density at radius 1 is 1.35 bits per heavy atom. The van der Waals surface area contributed by atoms with Crippen molar-refractivity contribution in [2.24, 2.45) is 0 Å². The predicted molar refractivity (Wildman–Crippen MR) is 74.5 cm³/mol. The van der Waals surface area contributed by atoms with Crippen LogP contribution in [0.25, 0.3) is 0 Å². The SMILES string of the molecule is CCO.Cc1ccc(C(COS(C)(=O)=O)[N+](=O)[O-])cc1. The van der Waals surface area contributed by atoms with Gasteiger partial charge in [0.1, 0.15) is 6.61 Å². The van der Waals surface area contributed by atoms with Crippen molar-refractivity contribution in [2.75, 3.05) is 19.5 Å². The number of aliphatic hydroxyl groups excluding tert-OH is 1. The molecule has 0 aromatic heterocycles. The van der Waals surface area contributed by atoms with Crippen molar-refractivity contribution in [3.05, 3.63) is 45.5 Å². The highest BCUT2D eigenvalue weighted by atomic mass is 32.2. The van der Waals surface area contributed by atoms with Gasteiger partial charge in [0.15, 0.2) is 0 Å². The Balaban J connectivity index is 0.00000110. The van der Waals surface area contributed by atoms with Gasteiger partial charge in [-0.3, -0.25) is 14.3 Å². The van der Waals surface area contributed by atoms with E-state index < -0.39 is 27.7 Å². The van der Waals surface area contributed by atoms with E-state index in [4.69, 9.17) is 5.11 Å². The number of hydrogen-bond donors (Lipinski definition) is 1.